The van der Waals surface area contributed by atoms with Gasteiger partial charge in [-0.25, -0.2) is 4.79 Å². The van der Waals surface area contributed by atoms with Crippen LogP contribution in [0.25, 0.3) is 0 Å². The molecular formula is C19H19NO3. The maximum Gasteiger partial charge on any atom is 0.337 e. The van der Waals surface area contributed by atoms with Crippen LogP contribution >= 0.6 is 0 Å². The molecule has 1 heterocycles. The smallest absolute Gasteiger partial charge is 0.337 e. The molecular weight excluding hydrogens is 290 g/mol. The van der Waals surface area contributed by atoms with E-state index in [9.17, 15) is 9.59 Å². The number of carbonyl (C=O) groups is 2. The number of carbonyl (C=O) groups excluding carboxylic acids is 2. The molecule has 0 radical (unpaired) electrons. The standard InChI is InChI=1S/C19H19NO3/c1-3-16-17(13-9-11-14(12-10-13)19(22)23-2)20(18(16)21)15-7-5-4-6-8-15/h4-12,16-17H,3H2,1-2H3/t16-,17-/m1/s1. The maximum absolute atomic E-state index is 12.5. The molecule has 1 saturated heterocycles. The van der Waals surface area contributed by atoms with E-state index in [-0.39, 0.29) is 23.8 Å². The lowest BCUT2D eigenvalue weighted by molar-refractivity contribution is -0.130. The van der Waals surface area contributed by atoms with Gasteiger partial charge in [-0.3, -0.25) is 4.79 Å². The molecule has 0 N–H and O–H groups in total. The van der Waals surface area contributed by atoms with Crippen molar-refractivity contribution < 1.29 is 14.3 Å². The van der Waals surface area contributed by atoms with E-state index in [1.807, 2.05) is 54.3 Å². The second-order valence-electron chi connectivity index (χ2n) is 5.62. The van der Waals surface area contributed by atoms with Gasteiger partial charge in [0.05, 0.1) is 24.6 Å². The Morgan fingerprint density at radius 1 is 1.09 bits per heavy atom. The zero-order chi connectivity index (χ0) is 16.4. The number of nitrogens with zero attached hydrogens (tertiary/aromatic N) is 1. The first kappa shape index (κ1) is 15.3. The van der Waals surface area contributed by atoms with Crippen LogP contribution in [-0.2, 0) is 9.53 Å². The zero-order valence-corrected chi connectivity index (χ0v) is 13.2. The molecule has 1 fully saturated rings. The highest BCUT2D eigenvalue weighted by atomic mass is 16.5. The van der Waals surface area contributed by atoms with Gasteiger partial charge in [0.25, 0.3) is 0 Å². The largest absolute Gasteiger partial charge is 0.465 e. The lowest BCUT2D eigenvalue weighted by Gasteiger charge is -2.47. The van der Waals surface area contributed by atoms with Gasteiger partial charge in [0.1, 0.15) is 0 Å². The molecule has 0 unspecified atom stereocenters. The van der Waals surface area contributed by atoms with Crippen molar-refractivity contribution in [3.05, 3.63) is 65.7 Å². The summed E-state index contributed by atoms with van der Waals surface area (Å²) in [6.45, 7) is 2.03. The molecule has 118 valence electrons. The van der Waals surface area contributed by atoms with Crippen LogP contribution in [0, 0.1) is 5.92 Å². The number of esters is 1. The van der Waals surface area contributed by atoms with Gasteiger partial charge in [-0.05, 0) is 36.2 Å². The van der Waals surface area contributed by atoms with Crippen LogP contribution in [0.1, 0.15) is 35.3 Å². The van der Waals surface area contributed by atoms with Crippen LogP contribution in [0.15, 0.2) is 54.6 Å². The fourth-order valence-electron chi connectivity index (χ4n) is 3.14. The number of β-lactam (4-membered cyclic amide) rings is 1. The Labute approximate surface area is 135 Å². The minimum atomic E-state index is -0.354. The molecule has 0 spiro atoms. The van der Waals surface area contributed by atoms with E-state index in [1.165, 1.54) is 7.11 Å². The summed E-state index contributed by atoms with van der Waals surface area (Å²) in [7, 11) is 1.37. The summed E-state index contributed by atoms with van der Waals surface area (Å²) in [4.78, 5) is 25.8. The summed E-state index contributed by atoms with van der Waals surface area (Å²) in [5.41, 5.74) is 2.46. The summed E-state index contributed by atoms with van der Waals surface area (Å²) >= 11 is 0. The van der Waals surface area contributed by atoms with Gasteiger partial charge in [0, 0.05) is 5.69 Å². The molecule has 1 amide bonds. The number of amides is 1. The van der Waals surface area contributed by atoms with E-state index in [4.69, 9.17) is 4.74 Å². The van der Waals surface area contributed by atoms with Gasteiger partial charge in [0.2, 0.25) is 5.91 Å². The number of hydrogen-bond acceptors (Lipinski definition) is 3. The fourth-order valence-corrected chi connectivity index (χ4v) is 3.14. The van der Waals surface area contributed by atoms with E-state index in [0.29, 0.717) is 5.56 Å². The molecule has 4 nitrogen and oxygen atoms in total. The fraction of sp³-hybridized carbons (Fsp3) is 0.263. The highest BCUT2D eigenvalue weighted by Crippen LogP contribution is 2.44. The van der Waals surface area contributed by atoms with Gasteiger partial charge in [-0.1, -0.05) is 37.3 Å². The van der Waals surface area contributed by atoms with Gasteiger partial charge in [0.15, 0.2) is 0 Å². The topological polar surface area (TPSA) is 46.6 Å². The van der Waals surface area contributed by atoms with Crippen LogP contribution in [0.5, 0.6) is 0 Å². The molecule has 4 heteroatoms. The van der Waals surface area contributed by atoms with Crippen molar-refractivity contribution in [3.63, 3.8) is 0 Å². The van der Waals surface area contributed by atoms with Crippen LogP contribution in [0.4, 0.5) is 5.69 Å². The van der Waals surface area contributed by atoms with Gasteiger partial charge in [-0.2, -0.15) is 0 Å². The number of benzene rings is 2. The monoisotopic (exact) mass is 309 g/mol. The van der Waals surface area contributed by atoms with Crippen molar-refractivity contribution in [1.29, 1.82) is 0 Å². The first-order valence-corrected chi connectivity index (χ1v) is 7.73. The highest BCUT2D eigenvalue weighted by Gasteiger charge is 2.47. The second kappa shape index (κ2) is 6.24. The molecule has 0 aromatic heterocycles. The van der Waals surface area contributed by atoms with Crippen molar-refractivity contribution in [1.82, 2.24) is 0 Å². The van der Waals surface area contributed by atoms with E-state index in [1.54, 1.807) is 12.1 Å². The quantitative estimate of drug-likeness (QED) is 0.640. The second-order valence-corrected chi connectivity index (χ2v) is 5.62. The number of ether oxygens (including phenoxy) is 1. The normalized spacial score (nSPS) is 20.1. The summed E-state index contributed by atoms with van der Waals surface area (Å²) in [6.07, 6.45) is 0.797. The molecule has 1 aliphatic heterocycles. The van der Waals surface area contributed by atoms with Crippen molar-refractivity contribution in [3.8, 4) is 0 Å². The van der Waals surface area contributed by atoms with Crippen molar-refractivity contribution in [2.75, 3.05) is 12.0 Å². The first-order valence-electron chi connectivity index (χ1n) is 7.73. The molecule has 0 aliphatic carbocycles. The highest BCUT2D eigenvalue weighted by molar-refractivity contribution is 6.03. The minimum Gasteiger partial charge on any atom is -0.465 e. The molecule has 0 saturated carbocycles. The van der Waals surface area contributed by atoms with Crippen LogP contribution in [0.2, 0.25) is 0 Å². The molecule has 23 heavy (non-hydrogen) atoms. The molecule has 1 aliphatic rings. The number of para-hydroxylation sites is 1. The van der Waals surface area contributed by atoms with Crippen LogP contribution in [-0.4, -0.2) is 19.0 Å². The van der Waals surface area contributed by atoms with Crippen LogP contribution < -0.4 is 4.90 Å². The number of methoxy groups -OCH3 is 1. The van der Waals surface area contributed by atoms with E-state index in [2.05, 4.69) is 0 Å². The number of hydrogen-bond donors (Lipinski definition) is 0. The number of rotatable bonds is 4. The molecule has 2 atom stereocenters. The third-order valence-corrected chi connectivity index (χ3v) is 4.36. The Kier molecular flexibility index (Phi) is 4.15. The molecule has 2 aromatic rings. The van der Waals surface area contributed by atoms with Crippen molar-refractivity contribution in [2.45, 2.75) is 19.4 Å². The predicted molar refractivity (Wildman–Crippen MR) is 88.2 cm³/mol. The average molecular weight is 309 g/mol. The van der Waals surface area contributed by atoms with Gasteiger partial charge < -0.3 is 9.64 Å². The van der Waals surface area contributed by atoms with E-state index < -0.39 is 0 Å². The first-order chi connectivity index (χ1) is 11.2. The summed E-state index contributed by atoms with van der Waals surface area (Å²) in [6, 6.07) is 17.0. The third-order valence-electron chi connectivity index (χ3n) is 4.36. The van der Waals surface area contributed by atoms with Crippen molar-refractivity contribution in [2.24, 2.45) is 5.92 Å². The van der Waals surface area contributed by atoms with E-state index >= 15 is 0 Å². The summed E-state index contributed by atoms with van der Waals surface area (Å²) in [5, 5.41) is 0. The lowest BCUT2D eigenvalue weighted by atomic mass is 9.80. The van der Waals surface area contributed by atoms with Gasteiger partial charge >= 0.3 is 5.97 Å². The zero-order valence-electron chi connectivity index (χ0n) is 13.2. The summed E-state index contributed by atoms with van der Waals surface area (Å²) < 4.78 is 4.72. The van der Waals surface area contributed by atoms with E-state index in [0.717, 1.165) is 17.7 Å². The predicted octanol–water partition coefficient (Wildman–Crippen LogP) is 3.59. The lowest BCUT2D eigenvalue weighted by Crippen LogP contribution is -2.55. The Balaban J connectivity index is 1.92. The average Bonchev–Trinajstić information content (AvgIpc) is 2.60. The van der Waals surface area contributed by atoms with Crippen LogP contribution in [0.3, 0.4) is 0 Å². The molecule has 3 rings (SSSR count). The molecule has 0 bridgehead atoms. The third kappa shape index (κ3) is 2.61. The molecule has 2 aromatic carbocycles. The maximum atomic E-state index is 12.5. The Morgan fingerprint density at radius 3 is 2.30 bits per heavy atom. The SMILES string of the molecule is CC[C@H]1C(=O)N(c2ccccc2)[C@@H]1c1ccc(C(=O)OC)cc1. The summed E-state index contributed by atoms with van der Waals surface area (Å²) in [5.74, 6) is -0.215. The number of anilines is 1. The Hall–Kier alpha value is -2.62. The minimum absolute atomic E-state index is 0.0146. The van der Waals surface area contributed by atoms with Crippen molar-refractivity contribution >= 4 is 17.6 Å². The Morgan fingerprint density at radius 2 is 1.74 bits per heavy atom. The van der Waals surface area contributed by atoms with Gasteiger partial charge in [-0.15, -0.1) is 0 Å². The Bertz CT molecular complexity index is 709.